The Morgan fingerprint density at radius 3 is 2.36 bits per heavy atom. The summed E-state index contributed by atoms with van der Waals surface area (Å²) in [7, 11) is 4.26. The van der Waals surface area contributed by atoms with Crippen LogP contribution in [0.1, 0.15) is 57.8 Å². The maximum Gasteiger partial charge on any atom is 0.220 e. The topological polar surface area (TPSA) is 41.6 Å². The van der Waals surface area contributed by atoms with Gasteiger partial charge in [0.1, 0.15) is 0 Å². The van der Waals surface area contributed by atoms with E-state index < -0.39 is 0 Å². The van der Waals surface area contributed by atoms with E-state index in [0.717, 1.165) is 50.9 Å². The zero-order chi connectivity index (χ0) is 17.7. The molecule has 0 radical (unpaired) electrons. The predicted molar refractivity (Wildman–Crippen MR) is 103 cm³/mol. The molecule has 4 saturated carbocycles. The van der Waals surface area contributed by atoms with Crippen LogP contribution in [-0.2, 0) is 9.53 Å². The van der Waals surface area contributed by atoms with Gasteiger partial charge in [-0.3, -0.25) is 4.79 Å². The highest BCUT2D eigenvalue weighted by Gasteiger charge is 2.57. The molecule has 0 aromatic rings. The number of nitrogens with zero attached hydrogens (tertiary/aromatic N) is 1. The fraction of sp³-hybridized carbons (Fsp3) is 0.950. The van der Waals surface area contributed by atoms with E-state index in [9.17, 15) is 4.79 Å². The molecule has 5 rings (SSSR count). The van der Waals surface area contributed by atoms with Crippen molar-refractivity contribution >= 4 is 21.8 Å². The average Bonchev–Trinajstić information content (AvgIpc) is 2.51. The number of hydrogen-bond acceptors (Lipinski definition) is 3. The first-order valence-electron chi connectivity index (χ1n) is 10.0. The van der Waals surface area contributed by atoms with E-state index in [1.807, 2.05) is 0 Å². The van der Waals surface area contributed by atoms with Crippen LogP contribution in [0.3, 0.4) is 0 Å². The summed E-state index contributed by atoms with van der Waals surface area (Å²) in [5.74, 6) is 1.96. The third kappa shape index (κ3) is 3.53. The lowest BCUT2D eigenvalue weighted by Crippen LogP contribution is -2.57. The van der Waals surface area contributed by atoms with Crippen LogP contribution in [0.5, 0.6) is 0 Å². The Morgan fingerprint density at radius 1 is 1.16 bits per heavy atom. The highest BCUT2D eigenvalue weighted by Crippen LogP contribution is 2.65. The van der Waals surface area contributed by atoms with E-state index in [2.05, 4.69) is 40.2 Å². The Morgan fingerprint density at radius 2 is 1.80 bits per heavy atom. The van der Waals surface area contributed by atoms with E-state index >= 15 is 0 Å². The second kappa shape index (κ2) is 6.49. The number of carbonyl (C=O) groups excluding carboxylic acids is 1. The maximum absolute atomic E-state index is 12.9. The summed E-state index contributed by atoms with van der Waals surface area (Å²) in [4.78, 5) is 15.1. The van der Waals surface area contributed by atoms with Gasteiger partial charge in [-0.1, -0.05) is 15.9 Å². The van der Waals surface area contributed by atoms with Crippen LogP contribution in [0.25, 0.3) is 0 Å². The molecule has 5 heteroatoms. The van der Waals surface area contributed by atoms with Gasteiger partial charge in [0.15, 0.2) is 0 Å². The van der Waals surface area contributed by atoms with E-state index in [1.54, 1.807) is 0 Å². The lowest BCUT2D eigenvalue weighted by atomic mass is 9.48. The van der Waals surface area contributed by atoms with Gasteiger partial charge in [0.25, 0.3) is 0 Å². The van der Waals surface area contributed by atoms with Crippen LogP contribution in [0.2, 0.25) is 0 Å². The molecule has 0 aromatic carbocycles. The third-order valence-corrected chi connectivity index (χ3v) is 8.56. The van der Waals surface area contributed by atoms with Gasteiger partial charge in [0.2, 0.25) is 5.91 Å². The normalized spacial score (nSPS) is 41.9. The molecular weight excluding hydrogens is 380 g/mol. The van der Waals surface area contributed by atoms with Gasteiger partial charge in [-0.25, -0.2) is 0 Å². The zero-order valence-corrected chi connectivity index (χ0v) is 17.4. The summed E-state index contributed by atoms with van der Waals surface area (Å²) in [6.07, 6.45) is 10.5. The molecule has 0 spiro atoms. The van der Waals surface area contributed by atoms with Gasteiger partial charge >= 0.3 is 0 Å². The number of nitrogens with one attached hydrogen (secondary N) is 1. The Bertz CT molecular complexity index is 516. The number of alkyl halides is 1. The molecule has 4 aliphatic carbocycles. The molecular formula is C20H33BrN2O2. The number of halogens is 1. The summed E-state index contributed by atoms with van der Waals surface area (Å²) in [5.41, 5.74) is 0.324. The summed E-state index contributed by atoms with van der Waals surface area (Å²) in [6.45, 7) is 2.35. The van der Waals surface area contributed by atoms with Gasteiger partial charge in [-0.05, 0) is 82.7 Å². The highest BCUT2D eigenvalue weighted by atomic mass is 79.9. The van der Waals surface area contributed by atoms with Crippen LogP contribution in [0.15, 0.2) is 0 Å². The molecule has 25 heavy (non-hydrogen) atoms. The number of amides is 1. The third-order valence-electron chi connectivity index (χ3n) is 7.63. The Balaban J connectivity index is 1.38. The first-order valence-corrected chi connectivity index (χ1v) is 10.8. The molecule has 1 amide bonds. The van der Waals surface area contributed by atoms with Crippen LogP contribution >= 0.6 is 15.9 Å². The van der Waals surface area contributed by atoms with Crippen molar-refractivity contribution in [1.29, 1.82) is 0 Å². The van der Waals surface area contributed by atoms with Crippen molar-refractivity contribution in [3.63, 3.8) is 0 Å². The van der Waals surface area contributed by atoms with Crippen LogP contribution in [0, 0.1) is 17.3 Å². The van der Waals surface area contributed by atoms with Crippen molar-refractivity contribution in [3.05, 3.63) is 0 Å². The van der Waals surface area contributed by atoms with Crippen molar-refractivity contribution in [2.24, 2.45) is 17.3 Å². The van der Waals surface area contributed by atoms with E-state index in [-0.39, 0.29) is 16.9 Å². The number of rotatable bonds is 5. The van der Waals surface area contributed by atoms with E-state index in [0.29, 0.717) is 4.32 Å². The first-order chi connectivity index (χ1) is 11.8. The van der Waals surface area contributed by atoms with Gasteiger partial charge < -0.3 is 15.0 Å². The molecule has 1 aliphatic heterocycles. The Hall–Kier alpha value is -0.130. The molecule has 142 valence electrons. The molecule has 2 atom stereocenters. The average molecular weight is 413 g/mol. The first kappa shape index (κ1) is 18.2. The largest absolute Gasteiger partial charge is 0.381 e. The number of ether oxygens (including phenoxy) is 1. The summed E-state index contributed by atoms with van der Waals surface area (Å²) >= 11 is 4.06. The second-order valence-electron chi connectivity index (χ2n) is 9.80. The lowest BCUT2D eigenvalue weighted by Gasteiger charge is -2.60. The highest BCUT2D eigenvalue weighted by molar-refractivity contribution is 9.10. The zero-order valence-electron chi connectivity index (χ0n) is 15.8. The van der Waals surface area contributed by atoms with E-state index in [4.69, 9.17) is 4.74 Å². The smallest absolute Gasteiger partial charge is 0.220 e. The summed E-state index contributed by atoms with van der Waals surface area (Å²) in [6, 6.07) is 0. The quantitative estimate of drug-likeness (QED) is 0.703. The van der Waals surface area contributed by atoms with Crippen molar-refractivity contribution < 1.29 is 9.53 Å². The van der Waals surface area contributed by atoms with Gasteiger partial charge in [-0.15, -0.1) is 0 Å². The number of likely N-dealkylation sites (N-methyl/N-ethyl adjacent to an activating group) is 1. The minimum atomic E-state index is 0.0615. The molecule has 5 fully saturated rings. The molecule has 4 nitrogen and oxygen atoms in total. The minimum Gasteiger partial charge on any atom is -0.381 e. The fourth-order valence-electron chi connectivity index (χ4n) is 6.74. The standard InChI is InChI=1S/C20H33BrN2O2/c1-23(2)20(3-5-25-6-4-20)14-22-17(24)12-18-8-15-7-16(9-18)11-19(21,10-15)13-18/h15-16H,3-14H2,1-2H3,(H,22,24). The maximum atomic E-state index is 12.9. The molecule has 1 saturated heterocycles. The number of hydrogen-bond donors (Lipinski definition) is 1. The van der Waals surface area contributed by atoms with Crippen LogP contribution in [0.4, 0.5) is 0 Å². The van der Waals surface area contributed by atoms with Crippen LogP contribution in [-0.4, -0.2) is 54.5 Å². The van der Waals surface area contributed by atoms with Crippen molar-refractivity contribution in [2.75, 3.05) is 33.9 Å². The molecule has 2 unspecified atom stereocenters. The van der Waals surface area contributed by atoms with Crippen LogP contribution < -0.4 is 5.32 Å². The predicted octanol–water partition coefficient (Wildman–Crippen LogP) is 3.34. The SMILES string of the molecule is CN(C)C1(CNC(=O)CC23CC4CC(CC(Br)(C4)C2)C3)CCOCC1. The van der Waals surface area contributed by atoms with E-state index in [1.165, 1.54) is 38.5 Å². The Labute approximate surface area is 160 Å². The molecule has 4 bridgehead atoms. The van der Waals surface area contributed by atoms with Gasteiger partial charge in [-0.2, -0.15) is 0 Å². The lowest BCUT2D eigenvalue weighted by molar-refractivity contribution is -0.129. The Kier molecular flexibility index (Phi) is 4.73. The number of carbonyl (C=O) groups is 1. The monoisotopic (exact) mass is 412 g/mol. The second-order valence-corrected chi connectivity index (χ2v) is 11.5. The van der Waals surface area contributed by atoms with Gasteiger partial charge in [0, 0.05) is 36.0 Å². The minimum absolute atomic E-state index is 0.0615. The summed E-state index contributed by atoms with van der Waals surface area (Å²) < 4.78 is 5.88. The molecule has 5 aliphatic rings. The molecule has 1 N–H and O–H groups in total. The van der Waals surface area contributed by atoms with Crippen molar-refractivity contribution in [2.45, 2.75) is 67.7 Å². The van der Waals surface area contributed by atoms with Crippen molar-refractivity contribution in [1.82, 2.24) is 10.2 Å². The van der Waals surface area contributed by atoms with Crippen molar-refractivity contribution in [3.8, 4) is 0 Å². The summed E-state index contributed by atoms with van der Waals surface area (Å²) in [5, 5.41) is 3.31. The molecule has 1 heterocycles. The molecule has 0 aromatic heterocycles. The fourth-order valence-corrected chi connectivity index (χ4v) is 8.25. The van der Waals surface area contributed by atoms with Gasteiger partial charge in [0.05, 0.1) is 0 Å².